The zero-order valence-corrected chi connectivity index (χ0v) is 11.6. The second kappa shape index (κ2) is 5.07. The molecule has 0 atom stereocenters. The van der Waals surface area contributed by atoms with E-state index in [1.54, 1.807) is 17.5 Å². The van der Waals surface area contributed by atoms with Gasteiger partial charge in [-0.1, -0.05) is 11.6 Å². The van der Waals surface area contributed by atoms with Crippen LogP contribution in [0.4, 0.5) is 11.4 Å². The Hall–Kier alpha value is -1.78. The van der Waals surface area contributed by atoms with Crippen molar-refractivity contribution < 1.29 is 0 Å². The van der Waals surface area contributed by atoms with E-state index in [2.05, 4.69) is 10.3 Å². The minimum atomic E-state index is 0.716. The maximum absolute atomic E-state index is 6.16. The fraction of sp³-hybridized carbons (Fsp3) is 0.0714. The minimum absolute atomic E-state index is 0.716. The Morgan fingerprint density at radius 2 is 2.11 bits per heavy atom. The summed E-state index contributed by atoms with van der Waals surface area (Å²) in [5.74, 6) is 0. The fourth-order valence-electron chi connectivity index (χ4n) is 1.96. The molecule has 3 rings (SSSR count). The highest BCUT2D eigenvalue weighted by atomic mass is 35.5. The Morgan fingerprint density at radius 3 is 2.89 bits per heavy atom. The van der Waals surface area contributed by atoms with Gasteiger partial charge < -0.3 is 11.1 Å². The standard InChI is InChI=1S/C14H12ClN3S/c15-13-6-3-9(19-13)8-18-12-5-4-11-10(14(12)16)2-1-7-17-11/h1-7,18H,8,16H2. The van der Waals surface area contributed by atoms with Gasteiger partial charge in [0, 0.05) is 23.0 Å². The summed E-state index contributed by atoms with van der Waals surface area (Å²) in [5, 5.41) is 4.30. The van der Waals surface area contributed by atoms with Crippen molar-refractivity contribution in [1.29, 1.82) is 0 Å². The van der Waals surface area contributed by atoms with Crippen molar-refractivity contribution in [2.45, 2.75) is 6.54 Å². The van der Waals surface area contributed by atoms with Crippen molar-refractivity contribution >= 4 is 45.2 Å². The van der Waals surface area contributed by atoms with Crippen molar-refractivity contribution in [3.05, 3.63) is 51.8 Å². The van der Waals surface area contributed by atoms with E-state index in [0.29, 0.717) is 6.54 Å². The second-order valence-electron chi connectivity index (χ2n) is 4.16. The lowest BCUT2D eigenvalue weighted by Crippen LogP contribution is -2.01. The van der Waals surface area contributed by atoms with E-state index in [1.165, 1.54) is 4.88 Å². The number of pyridine rings is 1. The predicted molar refractivity (Wildman–Crippen MR) is 82.8 cm³/mol. The third kappa shape index (κ3) is 2.50. The van der Waals surface area contributed by atoms with Crippen LogP contribution in [0.25, 0.3) is 10.9 Å². The van der Waals surface area contributed by atoms with Gasteiger partial charge in [-0.25, -0.2) is 0 Å². The van der Waals surface area contributed by atoms with E-state index >= 15 is 0 Å². The molecular weight excluding hydrogens is 278 g/mol. The molecule has 96 valence electrons. The molecule has 0 spiro atoms. The molecule has 0 saturated heterocycles. The van der Waals surface area contributed by atoms with Crippen LogP contribution >= 0.6 is 22.9 Å². The molecule has 0 saturated carbocycles. The van der Waals surface area contributed by atoms with Gasteiger partial charge in [-0.05, 0) is 36.4 Å². The molecule has 0 unspecified atom stereocenters. The lowest BCUT2D eigenvalue weighted by Gasteiger charge is -2.10. The number of nitrogens with zero attached hydrogens (tertiary/aromatic N) is 1. The quantitative estimate of drug-likeness (QED) is 0.712. The number of anilines is 2. The van der Waals surface area contributed by atoms with Gasteiger partial charge >= 0.3 is 0 Å². The molecule has 3 N–H and O–H groups in total. The topological polar surface area (TPSA) is 50.9 Å². The maximum Gasteiger partial charge on any atom is 0.0931 e. The predicted octanol–water partition coefficient (Wildman–Crippen LogP) is 4.14. The molecule has 0 amide bonds. The summed E-state index contributed by atoms with van der Waals surface area (Å²) in [7, 11) is 0. The van der Waals surface area contributed by atoms with Gasteiger partial charge in [0.25, 0.3) is 0 Å². The van der Waals surface area contributed by atoms with Gasteiger partial charge in [-0.2, -0.15) is 0 Å². The van der Waals surface area contributed by atoms with E-state index < -0.39 is 0 Å². The van der Waals surface area contributed by atoms with Crippen molar-refractivity contribution in [1.82, 2.24) is 4.98 Å². The smallest absolute Gasteiger partial charge is 0.0931 e. The minimum Gasteiger partial charge on any atom is -0.397 e. The number of halogens is 1. The Bertz CT molecular complexity index is 724. The lowest BCUT2D eigenvalue weighted by atomic mass is 10.1. The van der Waals surface area contributed by atoms with Crippen LogP contribution in [0.3, 0.4) is 0 Å². The number of nitrogen functional groups attached to an aromatic ring is 1. The van der Waals surface area contributed by atoms with E-state index in [1.807, 2.05) is 36.4 Å². The maximum atomic E-state index is 6.16. The Kier molecular flexibility index (Phi) is 3.27. The number of fused-ring (bicyclic) bond motifs is 1. The summed E-state index contributed by atoms with van der Waals surface area (Å²) >= 11 is 7.48. The van der Waals surface area contributed by atoms with Crippen LogP contribution in [-0.4, -0.2) is 4.98 Å². The number of thiophene rings is 1. The fourth-order valence-corrected chi connectivity index (χ4v) is 2.99. The van der Waals surface area contributed by atoms with Gasteiger partial charge in [0.15, 0.2) is 0 Å². The van der Waals surface area contributed by atoms with E-state index in [9.17, 15) is 0 Å². The van der Waals surface area contributed by atoms with Crippen molar-refractivity contribution in [2.75, 3.05) is 11.1 Å². The Morgan fingerprint density at radius 1 is 1.21 bits per heavy atom. The zero-order valence-electron chi connectivity index (χ0n) is 10.1. The molecule has 0 aliphatic rings. The van der Waals surface area contributed by atoms with Crippen LogP contribution in [0.2, 0.25) is 4.34 Å². The number of rotatable bonds is 3. The largest absolute Gasteiger partial charge is 0.397 e. The number of nitrogens with two attached hydrogens (primary N) is 1. The average molecular weight is 290 g/mol. The van der Waals surface area contributed by atoms with Crippen LogP contribution < -0.4 is 11.1 Å². The van der Waals surface area contributed by atoms with Crippen molar-refractivity contribution in [2.24, 2.45) is 0 Å². The highest BCUT2D eigenvalue weighted by Crippen LogP contribution is 2.28. The number of hydrogen-bond donors (Lipinski definition) is 2. The summed E-state index contributed by atoms with van der Waals surface area (Å²) in [6, 6.07) is 11.7. The average Bonchev–Trinajstić information content (AvgIpc) is 2.84. The molecule has 0 aliphatic heterocycles. The van der Waals surface area contributed by atoms with E-state index in [0.717, 1.165) is 26.6 Å². The van der Waals surface area contributed by atoms with Crippen LogP contribution in [-0.2, 0) is 6.54 Å². The molecule has 0 fully saturated rings. The number of hydrogen-bond acceptors (Lipinski definition) is 4. The molecule has 5 heteroatoms. The molecular formula is C14H12ClN3S. The third-order valence-electron chi connectivity index (χ3n) is 2.91. The molecule has 3 nitrogen and oxygen atoms in total. The van der Waals surface area contributed by atoms with Crippen LogP contribution in [0.5, 0.6) is 0 Å². The van der Waals surface area contributed by atoms with Gasteiger partial charge in [-0.15, -0.1) is 11.3 Å². The monoisotopic (exact) mass is 289 g/mol. The molecule has 0 radical (unpaired) electrons. The normalized spacial score (nSPS) is 10.8. The summed E-state index contributed by atoms with van der Waals surface area (Å²) in [6.45, 7) is 0.716. The summed E-state index contributed by atoms with van der Waals surface area (Å²) in [4.78, 5) is 5.46. The van der Waals surface area contributed by atoms with Crippen LogP contribution in [0.15, 0.2) is 42.6 Å². The van der Waals surface area contributed by atoms with Gasteiger partial charge in [-0.3, -0.25) is 4.98 Å². The van der Waals surface area contributed by atoms with Crippen LogP contribution in [0.1, 0.15) is 4.88 Å². The lowest BCUT2D eigenvalue weighted by molar-refractivity contribution is 1.20. The first kappa shape index (κ1) is 12.3. The van der Waals surface area contributed by atoms with Gasteiger partial charge in [0.05, 0.1) is 21.2 Å². The Labute approximate surface area is 120 Å². The zero-order chi connectivity index (χ0) is 13.2. The van der Waals surface area contributed by atoms with Gasteiger partial charge in [0.2, 0.25) is 0 Å². The Balaban J connectivity index is 1.87. The molecule has 0 bridgehead atoms. The first-order chi connectivity index (χ1) is 9.24. The highest BCUT2D eigenvalue weighted by Gasteiger charge is 2.05. The van der Waals surface area contributed by atoms with Crippen LogP contribution in [0, 0.1) is 0 Å². The molecule has 2 heterocycles. The molecule has 19 heavy (non-hydrogen) atoms. The van der Waals surface area contributed by atoms with Crippen molar-refractivity contribution in [3.8, 4) is 0 Å². The second-order valence-corrected chi connectivity index (χ2v) is 5.96. The summed E-state index contributed by atoms with van der Waals surface area (Å²) in [5.41, 5.74) is 8.72. The number of nitrogens with one attached hydrogen (secondary N) is 1. The molecule has 0 aliphatic carbocycles. The van der Waals surface area contributed by atoms with E-state index in [4.69, 9.17) is 17.3 Å². The summed E-state index contributed by atoms with van der Waals surface area (Å²) < 4.78 is 0.799. The number of aromatic nitrogens is 1. The highest BCUT2D eigenvalue weighted by molar-refractivity contribution is 7.16. The molecule has 3 aromatic rings. The first-order valence-corrected chi connectivity index (χ1v) is 7.05. The number of benzene rings is 1. The third-order valence-corrected chi connectivity index (χ3v) is 4.14. The van der Waals surface area contributed by atoms with E-state index in [-0.39, 0.29) is 0 Å². The van der Waals surface area contributed by atoms with Gasteiger partial charge in [0.1, 0.15) is 0 Å². The first-order valence-electron chi connectivity index (χ1n) is 5.85. The molecule has 1 aromatic carbocycles. The molecule has 2 aromatic heterocycles. The van der Waals surface area contributed by atoms with Crippen molar-refractivity contribution in [3.63, 3.8) is 0 Å². The summed E-state index contributed by atoms with van der Waals surface area (Å²) in [6.07, 6.45) is 1.77. The SMILES string of the molecule is Nc1c(NCc2ccc(Cl)s2)ccc2ncccc12.